The molecule has 4 aromatic rings. The van der Waals surface area contributed by atoms with Gasteiger partial charge in [-0.2, -0.15) is 0 Å². The lowest BCUT2D eigenvalue weighted by Gasteiger charge is -2.27. The Kier molecular flexibility index (Phi) is 7.39. The fraction of sp³-hybridized carbons (Fsp3) is 0.200. The largest absolute Gasteiger partial charge is 0.332 e. The molecule has 1 aliphatic rings. The number of carbonyl (C=O) groups excluding carboxylic acids is 1. The molecule has 180 valence electrons. The predicted octanol–water partition coefficient (Wildman–Crippen LogP) is 7.54. The third-order valence-electron chi connectivity index (χ3n) is 5.96. The van der Waals surface area contributed by atoms with Crippen molar-refractivity contribution in [1.29, 1.82) is 0 Å². The summed E-state index contributed by atoms with van der Waals surface area (Å²) in [4.78, 5) is 20.6. The Balaban J connectivity index is 1.40. The van der Waals surface area contributed by atoms with Gasteiger partial charge in [-0.3, -0.25) is 9.47 Å². The second kappa shape index (κ2) is 10.5. The second-order valence-electron chi connectivity index (χ2n) is 8.22. The summed E-state index contributed by atoms with van der Waals surface area (Å²) in [6.07, 6.45) is 6.63. The Hall–Kier alpha value is -2.06. The molecule has 0 aliphatic carbocycles. The van der Waals surface area contributed by atoms with E-state index >= 15 is 0 Å². The number of fused-ring (bicyclic) bond motifs is 3. The molecule has 1 N–H and O–H groups in total. The van der Waals surface area contributed by atoms with Gasteiger partial charge in [-0.15, -0.1) is 11.3 Å². The summed E-state index contributed by atoms with van der Waals surface area (Å²) in [5.41, 5.74) is 3.93. The van der Waals surface area contributed by atoms with Crippen molar-refractivity contribution < 1.29 is 4.79 Å². The van der Waals surface area contributed by atoms with Gasteiger partial charge in [-0.05, 0) is 35.4 Å². The monoisotopic (exact) mass is 564 g/mol. The molecule has 0 bridgehead atoms. The zero-order valence-electron chi connectivity index (χ0n) is 18.4. The molecule has 2 aromatic heterocycles. The Bertz CT molecular complexity index is 1430. The molecule has 10 heteroatoms. The second-order valence-corrected chi connectivity index (χ2v) is 11.2. The average molecular weight is 566 g/mol. The zero-order valence-corrected chi connectivity index (χ0v) is 22.2. The molecule has 0 atom stereocenters. The van der Waals surface area contributed by atoms with Crippen LogP contribution in [0.2, 0.25) is 19.5 Å². The van der Waals surface area contributed by atoms with Crippen molar-refractivity contribution >= 4 is 80.8 Å². The summed E-state index contributed by atoms with van der Waals surface area (Å²) in [7, 11) is 0. The van der Waals surface area contributed by atoms with E-state index < -0.39 is 0 Å². The van der Waals surface area contributed by atoms with E-state index in [9.17, 15) is 4.79 Å². The highest BCUT2D eigenvalue weighted by atomic mass is 35.5. The summed E-state index contributed by atoms with van der Waals surface area (Å²) in [5.74, 6) is 0. The van der Waals surface area contributed by atoms with Crippen LogP contribution in [0.15, 0.2) is 48.7 Å². The van der Waals surface area contributed by atoms with Gasteiger partial charge in [-0.25, -0.2) is 9.78 Å². The summed E-state index contributed by atoms with van der Waals surface area (Å²) < 4.78 is 2.18. The van der Waals surface area contributed by atoms with E-state index in [0.717, 1.165) is 57.1 Å². The van der Waals surface area contributed by atoms with Crippen molar-refractivity contribution in [3.8, 4) is 0 Å². The van der Waals surface area contributed by atoms with Gasteiger partial charge >= 0.3 is 6.03 Å². The van der Waals surface area contributed by atoms with Crippen LogP contribution in [0.3, 0.4) is 0 Å². The number of benzene rings is 2. The van der Waals surface area contributed by atoms with E-state index in [2.05, 4.69) is 27.4 Å². The highest BCUT2D eigenvalue weighted by Crippen LogP contribution is 2.36. The number of thiazole rings is 1. The van der Waals surface area contributed by atoms with Gasteiger partial charge in [0.15, 0.2) is 4.47 Å². The van der Waals surface area contributed by atoms with Gasteiger partial charge in [0.25, 0.3) is 0 Å². The Morgan fingerprint density at radius 1 is 1.11 bits per heavy atom. The standard InChI is InChI=1S/C25H20Cl4N4OS/c26-16-5-3-15(4-6-16)2-1-8-32-9-7-22-19(14-32)18-10-20(27)21(28)11-23(18)33(22)25(34)31-13-17-12-30-24(29)35-17/h1-6,10-12H,7-9,13-14H2,(H,31,34). The van der Waals surface area contributed by atoms with Gasteiger partial charge in [0.1, 0.15) is 0 Å². The number of nitrogens with zero attached hydrogens (tertiary/aromatic N) is 3. The minimum absolute atomic E-state index is 0.213. The van der Waals surface area contributed by atoms with E-state index in [1.807, 2.05) is 30.3 Å². The molecule has 0 fully saturated rings. The molecule has 1 aliphatic heterocycles. The van der Waals surface area contributed by atoms with E-state index in [0.29, 0.717) is 27.6 Å². The summed E-state index contributed by atoms with van der Waals surface area (Å²) in [6.45, 7) is 2.67. The van der Waals surface area contributed by atoms with Crippen LogP contribution < -0.4 is 5.32 Å². The summed E-state index contributed by atoms with van der Waals surface area (Å²) >= 11 is 25.9. The van der Waals surface area contributed by atoms with Crippen LogP contribution >= 0.6 is 57.7 Å². The van der Waals surface area contributed by atoms with E-state index in [4.69, 9.17) is 46.4 Å². The molecular formula is C25H20Cl4N4OS. The molecule has 2 aromatic carbocycles. The van der Waals surface area contributed by atoms with Crippen LogP contribution in [0.4, 0.5) is 4.79 Å². The van der Waals surface area contributed by atoms with E-state index in [-0.39, 0.29) is 6.03 Å². The molecule has 1 amide bonds. The highest BCUT2D eigenvalue weighted by molar-refractivity contribution is 7.15. The molecule has 0 saturated carbocycles. The van der Waals surface area contributed by atoms with Crippen molar-refractivity contribution in [2.45, 2.75) is 19.5 Å². The fourth-order valence-electron chi connectivity index (χ4n) is 4.31. The summed E-state index contributed by atoms with van der Waals surface area (Å²) in [5, 5.41) is 5.54. The van der Waals surface area contributed by atoms with Gasteiger partial charge in [0.2, 0.25) is 0 Å². The van der Waals surface area contributed by atoms with Crippen LogP contribution in [-0.2, 0) is 19.5 Å². The van der Waals surface area contributed by atoms with Crippen molar-refractivity contribution in [1.82, 2.24) is 19.8 Å². The number of carbonyl (C=O) groups is 1. The number of aromatic nitrogens is 2. The average Bonchev–Trinajstić information content (AvgIpc) is 3.39. The number of hydrogen-bond acceptors (Lipinski definition) is 4. The van der Waals surface area contributed by atoms with Crippen LogP contribution in [0.1, 0.15) is 21.7 Å². The highest BCUT2D eigenvalue weighted by Gasteiger charge is 2.27. The first-order valence-corrected chi connectivity index (χ1v) is 13.3. The molecular weight excluding hydrogens is 546 g/mol. The number of rotatable bonds is 5. The van der Waals surface area contributed by atoms with Crippen molar-refractivity contribution in [2.75, 3.05) is 13.1 Å². The van der Waals surface area contributed by atoms with Gasteiger partial charge in [-0.1, -0.05) is 70.7 Å². The topological polar surface area (TPSA) is 50.2 Å². The normalized spacial score (nSPS) is 14.1. The maximum absolute atomic E-state index is 13.3. The first-order valence-electron chi connectivity index (χ1n) is 10.9. The third-order valence-corrected chi connectivity index (χ3v) is 8.04. The minimum Gasteiger partial charge on any atom is -0.332 e. The lowest BCUT2D eigenvalue weighted by molar-refractivity contribution is 0.240. The molecule has 5 rings (SSSR count). The van der Waals surface area contributed by atoms with Gasteiger partial charge < -0.3 is 5.32 Å². The molecule has 0 unspecified atom stereocenters. The predicted molar refractivity (Wildman–Crippen MR) is 146 cm³/mol. The smallest absolute Gasteiger partial charge is 0.326 e. The van der Waals surface area contributed by atoms with Gasteiger partial charge in [0, 0.05) is 53.2 Å². The molecule has 35 heavy (non-hydrogen) atoms. The SMILES string of the molecule is O=C(NCc1cnc(Cl)s1)n1c2c(c3cc(Cl)c(Cl)cc31)CN(CC=Cc1ccc(Cl)cc1)CC2. The summed E-state index contributed by atoms with van der Waals surface area (Å²) in [6, 6.07) is 11.2. The Morgan fingerprint density at radius 3 is 2.63 bits per heavy atom. The minimum atomic E-state index is -0.213. The Morgan fingerprint density at radius 2 is 1.89 bits per heavy atom. The van der Waals surface area contributed by atoms with Crippen molar-refractivity contribution in [3.63, 3.8) is 0 Å². The molecule has 0 radical (unpaired) electrons. The van der Waals surface area contributed by atoms with E-state index in [1.165, 1.54) is 11.3 Å². The Labute approximate surface area is 226 Å². The maximum atomic E-state index is 13.3. The van der Waals surface area contributed by atoms with E-state index in [1.54, 1.807) is 16.8 Å². The number of nitrogens with one attached hydrogen (secondary N) is 1. The van der Waals surface area contributed by atoms with Crippen molar-refractivity contribution in [3.05, 3.63) is 89.9 Å². The quantitative estimate of drug-likeness (QED) is 0.272. The number of halogens is 4. The lowest BCUT2D eigenvalue weighted by atomic mass is 10.0. The molecule has 0 saturated heterocycles. The maximum Gasteiger partial charge on any atom is 0.326 e. The number of hydrogen-bond donors (Lipinski definition) is 1. The van der Waals surface area contributed by atoms with Crippen LogP contribution in [-0.4, -0.2) is 33.6 Å². The lowest BCUT2D eigenvalue weighted by Crippen LogP contribution is -2.34. The molecule has 0 spiro atoms. The fourth-order valence-corrected chi connectivity index (χ4v) is 5.68. The zero-order chi connectivity index (χ0) is 24.5. The van der Waals surface area contributed by atoms with Gasteiger partial charge in [0.05, 0.1) is 22.1 Å². The molecule has 5 nitrogen and oxygen atoms in total. The van der Waals surface area contributed by atoms with Crippen molar-refractivity contribution in [2.24, 2.45) is 0 Å². The van der Waals surface area contributed by atoms with Crippen LogP contribution in [0, 0.1) is 0 Å². The first kappa shape index (κ1) is 24.6. The first-order chi connectivity index (χ1) is 16.9. The molecule has 3 heterocycles. The van der Waals surface area contributed by atoms with Crippen LogP contribution in [0.25, 0.3) is 17.0 Å². The number of amides is 1. The third kappa shape index (κ3) is 5.38. The van der Waals surface area contributed by atoms with Crippen LogP contribution in [0.5, 0.6) is 0 Å².